The molecule has 1 unspecified atom stereocenters. The molecule has 0 fully saturated rings. The third-order valence-electron chi connectivity index (χ3n) is 2.47. The van der Waals surface area contributed by atoms with Gasteiger partial charge in [-0.15, -0.1) is 11.3 Å². The van der Waals surface area contributed by atoms with Crippen LogP contribution in [0.4, 0.5) is 0 Å². The highest BCUT2D eigenvalue weighted by atomic mass is 32.1. The van der Waals surface area contributed by atoms with Crippen molar-refractivity contribution in [1.29, 1.82) is 0 Å². The van der Waals surface area contributed by atoms with Crippen LogP contribution in [-0.2, 0) is 15.1 Å². The molecule has 0 aliphatic heterocycles. The highest BCUT2D eigenvalue weighted by molar-refractivity contribution is 7.10. The Morgan fingerprint density at radius 1 is 1.53 bits per heavy atom. The molecule has 1 heterocycles. The predicted molar refractivity (Wildman–Crippen MR) is 63.3 cm³/mol. The fourth-order valence-electron chi connectivity index (χ4n) is 1.57. The fourth-order valence-corrected chi connectivity index (χ4v) is 2.53. The second-order valence-corrected chi connectivity index (χ2v) is 4.76. The molecule has 0 aliphatic carbocycles. The second kappa shape index (κ2) is 5.59. The van der Waals surface area contributed by atoms with Crippen molar-refractivity contribution in [3.63, 3.8) is 0 Å². The molecule has 1 rings (SSSR count). The normalized spacial score (nSPS) is 14.9. The molecule has 17 heavy (non-hydrogen) atoms. The Bertz CT molecular complexity index is 381. The smallest absolute Gasteiger partial charge is 0.336 e. The van der Waals surface area contributed by atoms with E-state index in [9.17, 15) is 9.90 Å². The molecule has 0 radical (unpaired) electrons. The maximum Gasteiger partial charge on any atom is 0.336 e. The van der Waals surface area contributed by atoms with E-state index in [4.69, 9.17) is 14.6 Å². The number of aliphatic hydroxyl groups is 1. The van der Waals surface area contributed by atoms with Crippen molar-refractivity contribution in [2.24, 2.45) is 0 Å². The summed E-state index contributed by atoms with van der Waals surface area (Å²) < 4.78 is 10.0. The molecule has 0 spiro atoms. The monoisotopic (exact) mass is 260 g/mol. The first kappa shape index (κ1) is 14.1. The summed E-state index contributed by atoms with van der Waals surface area (Å²) in [7, 11) is 2.94. The molecule has 5 nitrogen and oxygen atoms in total. The van der Waals surface area contributed by atoms with E-state index in [1.807, 2.05) is 0 Å². The van der Waals surface area contributed by atoms with Gasteiger partial charge >= 0.3 is 5.97 Å². The molecule has 0 saturated carbocycles. The summed E-state index contributed by atoms with van der Waals surface area (Å²) in [5.41, 5.74) is -1.18. The number of aromatic carboxylic acids is 1. The SMILES string of the molecule is COC(CC(C)(O)c1sccc1C(=O)O)OC. The third kappa shape index (κ3) is 3.26. The van der Waals surface area contributed by atoms with Crippen LogP contribution in [0.25, 0.3) is 0 Å². The van der Waals surface area contributed by atoms with E-state index in [1.165, 1.54) is 31.6 Å². The summed E-state index contributed by atoms with van der Waals surface area (Å²) >= 11 is 1.21. The van der Waals surface area contributed by atoms with Gasteiger partial charge in [-0.1, -0.05) is 0 Å². The third-order valence-corrected chi connectivity index (χ3v) is 3.64. The number of carboxylic acid groups (broad SMARTS) is 1. The number of methoxy groups -OCH3 is 2. The second-order valence-electron chi connectivity index (χ2n) is 3.85. The molecular formula is C11H16O5S. The van der Waals surface area contributed by atoms with Gasteiger partial charge in [0, 0.05) is 20.6 Å². The number of carbonyl (C=O) groups is 1. The van der Waals surface area contributed by atoms with Crippen LogP contribution in [0.2, 0.25) is 0 Å². The molecule has 0 aromatic carbocycles. The molecule has 1 aromatic rings. The van der Waals surface area contributed by atoms with Gasteiger partial charge in [-0.25, -0.2) is 4.79 Å². The minimum Gasteiger partial charge on any atom is -0.478 e. The maximum absolute atomic E-state index is 11.0. The van der Waals surface area contributed by atoms with Crippen molar-refractivity contribution in [3.05, 3.63) is 21.9 Å². The number of carboxylic acids is 1. The van der Waals surface area contributed by atoms with Crippen LogP contribution in [0.5, 0.6) is 0 Å². The van der Waals surface area contributed by atoms with Crippen LogP contribution < -0.4 is 0 Å². The predicted octanol–water partition coefficient (Wildman–Crippen LogP) is 1.66. The van der Waals surface area contributed by atoms with Crippen LogP contribution in [0.1, 0.15) is 28.6 Å². The van der Waals surface area contributed by atoms with Crippen LogP contribution in [0.15, 0.2) is 11.4 Å². The fraction of sp³-hybridized carbons (Fsp3) is 0.545. The summed E-state index contributed by atoms with van der Waals surface area (Å²) in [6.45, 7) is 1.55. The first-order valence-corrected chi connectivity index (χ1v) is 5.89. The van der Waals surface area contributed by atoms with Gasteiger partial charge in [0.2, 0.25) is 0 Å². The van der Waals surface area contributed by atoms with Crippen molar-refractivity contribution in [1.82, 2.24) is 0 Å². The summed E-state index contributed by atoms with van der Waals surface area (Å²) in [6, 6.07) is 1.48. The highest BCUT2D eigenvalue weighted by Gasteiger charge is 2.32. The molecule has 1 aromatic heterocycles. The molecule has 6 heteroatoms. The number of hydrogen-bond donors (Lipinski definition) is 2. The first-order chi connectivity index (χ1) is 7.92. The molecular weight excluding hydrogens is 244 g/mol. The summed E-state index contributed by atoms with van der Waals surface area (Å²) in [5, 5.41) is 21.0. The number of ether oxygens (including phenoxy) is 2. The number of thiophene rings is 1. The Kier molecular flexibility index (Phi) is 4.64. The Balaban J connectivity index is 2.95. The van der Waals surface area contributed by atoms with Gasteiger partial charge in [-0.3, -0.25) is 0 Å². The molecule has 96 valence electrons. The van der Waals surface area contributed by atoms with E-state index in [1.54, 1.807) is 12.3 Å². The van der Waals surface area contributed by atoms with Crippen molar-refractivity contribution < 1.29 is 24.5 Å². The van der Waals surface area contributed by atoms with Crippen LogP contribution in [0, 0.1) is 0 Å². The molecule has 2 N–H and O–H groups in total. The topological polar surface area (TPSA) is 76.0 Å². The lowest BCUT2D eigenvalue weighted by atomic mass is 9.97. The van der Waals surface area contributed by atoms with Crippen molar-refractivity contribution >= 4 is 17.3 Å². The first-order valence-electron chi connectivity index (χ1n) is 5.01. The largest absolute Gasteiger partial charge is 0.478 e. The van der Waals surface area contributed by atoms with E-state index in [2.05, 4.69) is 0 Å². The average molecular weight is 260 g/mol. The molecule has 1 atom stereocenters. The van der Waals surface area contributed by atoms with Crippen molar-refractivity contribution in [2.75, 3.05) is 14.2 Å². The molecule has 0 aliphatic rings. The Labute approximate surface area is 104 Å². The molecule has 0 saturated heterocycles. The molecule has 0 amide bonds. The van der Waals surface area contributed by atoms with Crippen molar-refractivity contribution in [3.8, 4) is 0 Å². The van der Waals surface area contributed by atoms with E-state index in [0.29, 0.717) is 4.88 Å². The van der Waals surface area contributed by atoms with Gasteiger partial charge in [-0.05, 0) is 18.4 Å². The van der Waals surface area contributed by atoms with Gasteiger partial charge in [0.1, 0.15) is 5.60 Å². The molecule has 0 bridgehead atoms. The maximum atomic E-state index is 11.0. The highest BCUT2D eigenvalue weighted by Crippen LogP contribution is 2.33. The lowest BCUT2D eigenvalue weighted by Gasteiger charge is -2.26. The summed E-state index contributed by atoms with van der Waals surface area (Å²) in [6.07, 6.45) is -0.408. The minimum absolute atomic E-state index is 0.117. The quantitative estimate of drug-likeness (QED) is 0.761. The lowest BCUT2D eigenvalue weighted by molar-refractivity contribution is -0.141. The van der Waals surface area contributed by atoms with Crippen LogP contribution in [-0.4, -0.2) is 36.7 Å². The zero-order chi connectivity index (χ0) is 13.1. The van der Waals surface area contributed by atoms with Crippen molar-refractivity contribution in [2.45, 2.75) is 25.2 Å². The Hall–Kier alpha value is -0.950. The van der Waals surface area contributed by atoms with E-state index in [0.717, 1.165) is 0 Å². The zero-order valence-electron chi connectivity index (χ0n) is 9.97. The minimum atomic E-state index is -1.29. The van der Waals surface area contributed by atoms with Crippen LogP contribution in [0.3, 0.4) is 0 Å². The summed E-state index contributed by atoms with van der Waals surface area (Å²) in [4.78, 5) is 11.4. The van der Waals surface area contributed by atoms with Gasteiger partial charge in [0.15, 0.2) is 6.29 Å². The lowest BCUT2D eigenvalue weighted by Crippen LogP contribution is -2.30. The van der Waals surface area contributed by atoms with Gasteiger partial charge in [0.25, 0.3) is 0 Å². The number of hydrogen-bond acceptors (Lipinski definition) is 5. The zero-order valence-corrected chi connectivity index (χ0v) is 10.8. The van der Waals surface area contributed by atoms with Gasteiger partial charge in [-0.2, -0.15) is 0 Å². The average Bonchev–Trinajstić information content (AvgIpc) is 2.75. The van der Waals surface area contributed by atoms with Gasteiger partial charge in [0.05, 0.1) is 10.4 Å². The van der Waals surface area contributed by atoms with E-state index >= 15 is 0 Å². The van der Waals surface area contributed by atoms with E-state index in [-0.39, 0.29) is 12.0 Å². The Morgan fingerprint density at radius 3 is 2.59 bits per heavy atom. The Morgan fingerprint density at radius 2 is 2.12 bits per heavy atom. The van der Waals surface area contributed by atoms with Crippen LogP contribution >= 0.6 is 11.3 Å². The summed E-state index contributed by atoms with van der Waals surface area (Å²) in [5.74, 6) is -1.05. The van der Waals surface area contributed by atoms with Gasteiger partial charge < -0.3 is 19.7 Å². The van der Waals surface area contributed by atoms with E-state index < -0.39 is 17.9 Å². The number of rotatable bonds is 6. The standard InChI is InChI=1S/C11H16O5S/c1-11(14,6-8(15-2)16-3)9-7(10(12)13)4-5-17-9/h4-5,8,14H,6H2,1-3H3,(H,12,13).